The molecule has 1 aliphatic carbocycles. The molecule has 7 heteroatoms. The van der Waals surface area contributed by atoms with Crippen LogP contribution in [0.4, 0.5) is 4.39 Å². The second-order valence-corrected chi connectivity index (χ2v) is 6.69. The molecule has 1 amide bonds. The summed E-state index contributed by atoms with van der Waals surface area (Å²) in [6.45, 7) is 1.97. The molecule has 0 bridgehead atoms. The molecule has 3 N–H and O–H groups in total. The van der Waals surface area contributed by atoms with Crippen LogP contribution in [0.3, 0.4) is 0 Å². The maximum Gasteiger partial charge on any atom is 0.254 e. The number of hydrogen-bond donors (Lipinski definition) is 2. The second kappa shape index (κ2) is 5.14. The lowest BCUT2D eigenvalue weighted by Gasteiger charge is -2.42. The number of halogens is 1. The quantitative estimate of drug-likeness (QED) is 0.883. The fourth-order valence-corrected chi connectivity index (χ4v) is 2.86. The molecular weight excluding hydrogens is 283 g/mol. The zero-order valence-electron chi connectivity index (χ0n) is 11.1. The highest BCUT2D eigenvalue weighted by atomic mass is 32.2. The van der Waals surface area contributed by atoms with E-state index in [0.29, 0.717) is 0 Å². The lowest BCUT2D eigenvalue weighted by molar-refractivity contribution is 0.0816. The molecule has 0 aromatic heterocycles. The van der Waals surface area contributed by atoms with Gasteiger partial charge < -0.3 is 5.32 Å². The summed E-state index contributed by atoms with van der Waals surface area (Å²) in [4.78, 5) is 11.7. The number of carbonyl (C=O) groups is 1. The number of nitrogens with one attached hydrogen (secondary N) is 1. The minimum absolute atomic E-state index is 0.169. The van der Waals surface area contributed by atoms with Gasteiger partial charge in [-0.2, -0.15) is 0 Å². The summed E-state index contributed by atoms with van der Waals surface area (Å²) in [6, 6.07) is 3.04. The summed E-state index contributed by atoms with van der Waals surface area (Å²) in [5, 5.41) is 7.75. The topological polar surface area (TPSA) is 89.3 Å². The van der Waals surface area contributed by atoms with Crippen LogP contribution in [0.15, 0.2) is 23.1 Å². The molecule has 0 unspecified atom stereocenters. The van der Waals surface area contributed by atoms with E-state index in [4.69, 9.17) is 5.14 Å². The van der Waals surface area contributed by atoms with E-state index in [1.807, 2.05) is 6.92 Å². The van der Waals surface area contributed by atoms with E-state index in [1.54, 1.807) is 0 Å². The van der Waals surface area contributed by atoms with Gasteiger partial charge in [0.15, 0.2) is 0 Å². The van der Waals surface area contributed by atoms with E-state index in [0.717, 1.165) is 43.9 Å². The highest BCUT2D eigenvalue weighted by Crippen LogP contribution is 2.35. The number of benzene rings is 1. The van der Waals surface area contributed by atoms with Gasteiger partial charge in [0.2, 0.25) is 10.0 Å². The second-order valence-electron chi connectivity index (χ2n) is 5.13. The molecule has 1 aliphatic rings. The van der Waals surface area contributed by atoms with Gasteiger partial charge in [-0.15, -0.1) is 0 Å². The maximum atomic E-state index is 13.9. The molecule has 0 saturated heterocycles. The largest absolute Gasteiger partial charge is 0.347 e. The van der Waals surface area contributed by atoms with Crippen molar-refractivity contribution in [2.45, 2.75) is 43.0 Å². The highest BCUT2D eigenvalue weighted by molar-refractivity contribution is 7.89. The Morgan fingerprint density at radius 1 is 1.45 bits per heavy atom. The van der Waals surface area contributed by atoms with Crippen LogP contribution in [0.1, 0.15) is 43.0 Å². The molecule has 1 aromatic carbocycles. The van der Waals surface area contributed by atoms with Gasteiger partial charge in [-0.3, -0.25) is 4.79 Å². The first-order chi connectivity index (χ1) is 9.27. The van der Waals surface area contributed by atoms with Crippen LogP contribution >= 0.6 is 0 Å². The average molecular weight is 300 g/mol. The molecule has 0 atom stereocenters. The third-order valence-electron chi connectivity index (χ3n) is 3.88. The number of sulfonamides is 1. The standard InChI is InChI=1S/C13H17FN2O3S/c1-2-13(6-3-7-13)16-12(17)10-5-4-9(8-11(10)14)20(15,18)19/h4-5,8H,2-3,6-7H2,1H3,(H,16,17)(H2,15,18,19). The van der Waals surface area contributed by atoms with Crippen molar-refractivity contribution in [3.05, 3.63) is 29.6 Å². The van der Waals surface area contributed by atoms with Crippen LogP contribution in [-0.4, -0.2) is 19.9 Å². The molecule has 20 heavy (non-hydrogen) atoms. The fourth-order valence-electron chi connectivity index (χ4n) is 2.34. The van der Waals surface area contributed by atoms with Crippen molar-refractivity contribution in [2.75, 3.05) is 0 Å². The summed E-state index contributed by atoms with van der Waals surface area (Å²) >= 11 is 0. The van der Waals surface area contributed by atoms with Gasteiger partial charge in [0.05, 0.1) is 10.5 Å². The first kappa shape index (κ1) is 14.9. The number of carbonyl (C=O) groups excluding carboxylic acids is 1. The Morgan fingerprint density at radius 3 is 2.50 bits per heavy atom. The first-order valence-corrected chi connectivity index (χ1v) is 7.97. The Kier molecular flexibility index (Phi) is 3.84. The molecular formula is C13H17FN2O3S. The van der Waals surface area contributed by atoms with E-state index in [-0.39, 0.29) is 16.0 Å². The zero-order valence-corrected chi connectivity index (χ0v) is 12.0. The Hall–Kier alpha value is -1.47. The number of hydrogen-bond acceptors (Lipinski definition) is 3. The fraction of sp³-hybridized carbons (Fsp3) is 0.462. The minimum atomic E-state index is -3.97. The monoisotopic (exact) mass is 300 g/mol. The predicted octanol–water partition coefficient (Wildman–Crippen LogP) is 1.54. The Morgan fingerprint density at radius 2 is 2.10 bits per heavy atom. The van der Waals surface area contributed by atoms with Crippen molar-refractivity contribution < 1.29 is 17.6 Å². The number of rotatable bonds is 4. The van der Waals surface area contributed by atoms with Crippen LogP contribution in [-0.2, 0) is 10.0 Å². The van der Waals surface area contributed by atoms with E-state index < -0.39 is 21.7 Å². The number of amides is 1. The van der Waals surface area contributed by atoms with Gasteiger partial charge in [-0.25, -0.2) is 17.9 Å². The Bertz CT molecular complexity index is 634. The first-order valence-electron chi connectivity index (χ1n) is 6.42. The minimum Gasteiger partial charge on any atom is -0.347 e. The summed E-state index contributed by atoms with van der Waals surface area (Å²) in [7, 11) is -3.97. The van der Waals surface area contributed by atoms with Crippen LogP contribution < -0.4 is 10.5 Å². The normalized spacial score (nSPS) is 17.4. The van der Waals surface area contributed by atoms with E-state index in [1.165, 1.54) is 0 Å². The highest BCUT2D eigenvalue weighted by Gasteiger charge is 2.37. The van der Waals surface area contributed by atoms with Crippen LogP contribution in [0.25, 0.3) is 0 Å². The van der Waals surface area contributed by atoms with Crippen molar-refractivity contribution in [3.8, 4) is 0 Å². The van der Waals surface area contributed by atoms with Gasteiger partial charge >= 0.3 is 0 Å². The molecule has 0 radical (unpaired) electrons. The van der Waals surface area contributed by atoms with Gasteiger partial charge in [0.1, 0.15) is 5.82 Å². The molecule has 0 spiro atoms. The van der Waals surface area contributed by atoms with E-state index in [9.17, 15) is 17.6 Å². The molecule has 5 nitrogen and oxygen atoms in total. The third-order valence-corrected chi connectivity index (χ3v) is 4.79. The molecule has 110 valence electrons. The number of nitrogens with two attached hydrogens (primary N) is 1. The van der Waals surface area contributed by atoms with Gasteiger partial charge in [-0.1, -0.05) is 6.92 Å². The van der Waals surface area contributed by atoms with Crippen LogP contribution in [0.5, 0.6) is 0 Å². The molecule has 1 fully saturated rings. The molecule has 0 heterocycles. The van der Waals surface area contributed by atoms with Crippen LogP contribution in [0, 0.1) is 5.82 Å². The van der Waals surface area contributed by atoms with Crippen molar-refractivity contribution in [1.82, 2.24) is 5.32 Å². The third kappa shape index (κ3) is 2.83. The summed E-state index contributed by atoms with van der Waals surface area (Å²) < 4.78 is 36.1. The smallest absolute Gasteiger partial charge is 0.254 e. The van der Waals surface area contributed by atoms with Crippen molar-refractivity contribution in [3.63, 3.8) is 0 Å². The van der Waals surface area contributed by atoms with Gasteiger partial charge in [-0.05, 0) is 43.9 Å². The van der Waals surface area contributed by atoms with Crippen molar-refractivity contribution >= 4 is 15.9 Å². The molecule has 2 rings (SSSR count). The van der Waals surface area contributed by atoms with E-state index >= 15 is 0 Å². The maximum absolute atomic E-state index is 13.9. The molecule has 1 aromatic rings. The summed E-state index contributed by atoms with van der Waals surface area (Å²) in [5.74, 6) is -1.41. The van der Waals surface area contributed by atoms with Gasteiger partial charge in [0, 0.05) is 5.54 Å². The lowest BCUT2D eigenvalue weighted by atomic mass is 9.74. The number of primary sulfonamides is 1. The molecule has 0 aliphatic heterocycles. The zero-order chi connectivity index (χ0) is 15.0. The van der Waals surface area contributed by atoms with Crippen LogP contribution in [0.2, 0.25) is 0 Å². The SMILES string of the molecule is CCC1(NC(=O)c2ccc(S(N)(=O)=O)cc2F)CCC1. The molecule has 1 saturated carbocycles. The Labute approximate surface area is 117 Å². The average Bonchev–Trinajstić information content (AvgIpc) is 2.32. The summed E-state index contributed by atoms with van der Waals surface area (Å²) in [6.07, 6.45) is 3.59. The van der Waals surface area contributed by atoms with Crippen molar-refractivity contribution in [1.29, 1.82) is 0 Å². The lowest BCUT2D eigenvalue weighted by Crippen LogP contribution is -2.53. The van der Waals surface area contributed by atoms with E-state index in [2.05, 4.69) is 5.32 Å². The predicted molar refractivity (Wildman–Crippen MR) is 72.1 cm³/mol. The summed E-state index contributed by atoms with van der Waals surface area (Å²) in [5.41, 5.74) is -0.417. The van der Waals surface area contributed by atoms with Crippen molar-refractivity contribution in [2.24, 2.45) is 5.14 Å². The van der Waals surface area contributed by atoms with Gasteiger partial charge in [0.25, 0.3) is 5.91 Å². The Balaban J connectivity index is 2.23.